The van der Waals surface area contributed by atoms with Crippen molar-refractivity contribution in [3.8, 4) is 0 Å². The molecule has 102 valence electrons. The van der Waals surface area contributed by atoms with Gasteiger partial charge in [-0.15, -0.1) is 0 Å². The second kappa shape index (κ2) is 7.55. The molecule has 0 saturated carbocycles. The molecule has 18 heavy (non-hydrogen) atoms. The fourth-order valence-corrected chi connectivity index (χ4v) is 1.89. The van der Waals surface area contributed by atoms with E-state index in [4.69, 9.17) is 0 Å². The molecular formula is C16H28N2. The van der Waals surface area contributed by atoms with Gasteiger partial charge in [-0.3, -0.25) is 0 Å². The average Bonchev–Trinajstić information content (AvgIpc) is 2.33. The quantitative estimate of drug-likeness (QED) is 0.724. The van der Waals surface area contributed by atoms with Crippen molar-refractivity contribution in [2.24, 2.45) is 0 Å². The standard InChI is InChI=1S/C16H28N2/c1-14(15-9-6-5-7-10-15)13-17-11-8-12-18-16(2,3)4/h5-7,9-10,14,17-18H,8,11-13H2,1-4H3. The Labute approximate surface area is 112 Å². The summed E-state index contributed by atoms with van der Waals surface area (Å²) in [5, 5.41) is 7.03. The largest absolute Gasteiger partial charge is 0.316 e. The van der Waals surface area contributed by atoms with Crippen molar-refractivity contribution >= 4 is 0 Å². The van der Waals surface area contributed by atoms with E-state index >= 15 is 0 Å². The van der Waals surface area contributed by atoms with E-state index in [1.54, 1.807) is 0 Å². The summed E-state index contributed by atoms with van der Waals surface area (Å²) in [5.74, 6) is 0.585. The predicted octanol–water partition coefficient (Wildman–Crippen LogP) is 3.16. The van der Waals surface area contributed by atoms with Crippen molar-refractivity contribution in [1.82, 2.24) is 10.6 Å². The fourth-order valence-electron chi connectivity index (χ4n) is 1.89. The molecule has 0 radical (unpaired) electrons. The van der Waals surface area contributed by atoms with Crippen LogP contribution in [0.5, 0.6) is 0 Å². The van der Waals surface area contributed by atoms with Gasteiger partial charge in [0.1, 0.15) is 0 Å². The van der Waals surface area contributed by atoms with E-state index in [9.17, 15) is 0 Å². The summed E-state index contributed by atoms with van der Waals surface area (Å²) in [5.41, 5.74) is 1.65. The second-order valence-corrected chi connectivity index (χ2v) is 6.05. The molecule has 0 aromatic heterocycles. The van der Waals surface area contributed by atoms with E-state index in [2.05, 4.69) is 68.7 Å². The third-order valence-electron chi connectivity index (χ3n) is 3.00. The van der Waals surface area contributed by atoms with E-state index in [-0.39, 0.29) is 5.54 Å². The Kier molecular flexibility index (Phi) is 6.37. The third-order valence-corrected chi connectivity index (χ3v) is 3.00. The maximum absolute atomic E-state index is 3.53. The predicted molar refractivity (Wildman–Crippen MR) is 80.1 cm³/mol. The summed E-state index contributed by atoms with van der Waals surface area (Å²) in [6, 6.07) is 10.7. The fraction of sp³-hybridized carbons (Fsp3) is 0.625. The summed E-state index contributed by atoms with van der Waals surface area (Å²) < 4.78 is 0. The van der Waals surface area contributed by atoms with Crippen LogP contribution in [0.1, 0.15) is 45.6 Å². The molecule has 1 rings (SSSR count). The minimum absolute atomic E-state index is 0.233. The number of hydrogen-bond acceptors (Lipinski definition) is 2. The van der Waals surface area contributed by atoms with Gasteiger partial charge in [0.25, 0.3) is 0 Å². The van der Waals surface area contributed by atoms with Crippen LogP contribution in [0.4, 0.5) is 0 Å². The van der Waals surface area contributed by atoms with E-state index in [0.717, 1.165) is 19.6 Å². The molecule has 0 aliphatic heterocycles. The molecule has 2 heteroatoms. The molecule has 0 amide bonds. The summed E-state index contributed by atoms with van der Waals surface area (Å²) >= 11 is 0. The zero-order chi connectivity index (χ0) is 13.4. The van der Waals surface area contributed by atoms with E-state index in [1.807, 2.05) is 0 Å². The van der Waals surface area contributed by atoms with Crippen LogP contribution in [0.3, 0.4) is 0 Å². The van der Waals surface area contributed by atoms with Crippen LogP contribution in [0, 0.1) is 0 Å². The van der Waals surface area contributed by atoms with Crippen LogP contribution in [-0.2, 0) is 0 Å². The smallest absolute Gasteiger partial charge is 0.00965 e. The highest BCUT2D eigenvalue weighted by atomic mass is 14.9. The SMILES string of the molecule is CC(CNCCCNC(C)(C)C)c1ccccc1. The number of hydrogen-bond donors (Lipinski definition) is 2. The second-order valence-electron chi connectivity index (χ2n) is 6.05. The topological polar surface area (TPSA) is 24.1 Å². The van der Waals surface area contributed by atoms with Crippen LogP contribution in [0.25, 0.3) is 0 Å². The third kappa shape index (κ3) is 6.77. The summed E-state index contributed by atoms with van der Waals surface area (Å²) in [7, 11) is 0. The Hall–Kier alpha value is -0.860. The van der Waals surface area contributed by atoms with Gasteiger partial charge in [-0.2, -0.15) is 0 Å². The van der Waals surface area contributed by atoms with Gasteiger partial charge in [-0.25, -0.2) is 0 Å². The van der Waals surface area contributed by atoms with Gasteiger partial charge in [0.2, 0.25) is 0 Å². The number of nitrogens with one attached hydrogen (secondary N) is 2. The Morgan fingerprint density at radius 3 is 2.33 bits per heavy atom. The molecular weight excluding hydrogens is 220 g/mol. The van der Waals surface area contributed by atoms with Crippen molar-refractivity contribution in [2.45, 2.75) is 45.6 Å². The number of rotatable bonds is 7. The highest BCUT2D eigenvalue weighted by Crippen LogP contribution is 2.12. The van der Waals surface area contributed by atoms with Gasteiger partial charge in [0.15, 0.2) is 0 Å². The molecule has 1 unspecified atom stereocenters. The lowest BCUT2D eigenvalue weighted by molar-refractivity contribution is 0.417. The minimum atomic E-state index is 0.233. The normalized spacial score (nSPS) is 13.6. The summed E-state index contributed by atoms with van der Waals surface area (Å²) in [6.07, 6.45) is 1.18. The molecule has 0 aliphatic carbocycles. The van der Waals surface area contributed by atoms with E-state index in [0.29, 0.717) is 5.92 Å². The van der Waals surface area contributed by atoms with Crippen molar-refractivity contribution < 1.29 is 0 Å². The molecule has 0 heterocycles. The Morgan fingerprint density at radius 2 is 1.72 bits per heavy atom. The minimum Gasteiger partial charge on any atom is -0.316 e. The highest BCUT2D eigenvalue weighted by Gasteiger charge is 2.07. The van der Waals surface area contributed by atoms with Crippen LogP contribution in [0.2, 0.25) is 0 Å². The van der Waals surface area contributed by atoms with Crippen molar-refractivity contribution in [2.75, 3.05) is 19.6 Å². The maximum Gasteiger partial charge on any atom is 0.00965 e. The molecule has 2 nitrogen and oxygen atoms in total. The summed E-state index contributed by atoms with van der Waals surface area (Å²) in [4.78, 5) is 0. The van der Waals surface area contributed by atoms with Gasteiger partial charge in [0, 0.05) is 12.1 Å². The maximum atomic E-state index is 3.53. The average molecular weight is 248 g/mol. The molecule has 1 aromatic carbocycles. The molecule has 0 bridgehead atoms. The van der Waals surface area contributed by atoms with Crippen LogP contribution < -0.4 is 10.6 Å². The summed E-state index contributed by atoms with van der Waals surface area (Å²) in [6.45, 7) is 12.1. The first kappa shape index (κ1) is 15.2. The van der Waals surface area contributed by atoms with Crippen LogP contribution >= 0.6 is 0 Å². The molecule has 0 spiro atoms. The molecule has 1 aromatic rings. The zero-order valence-electron chi connectivity index (χ0n) is 12.3. The van der Waals surface area contributed by atoms with Gasteiger partial charge < -0.3 is 10.6 Å². The molecule has 0 aliphatic rings. The van der Waals surface area contributed by atoms with E-state index < -0.39 is 0 Å². The Bertz CT molecular complexity index is 314. The van der Waals surface area contributed by atoms with Gasteiger partial charge >= 0.3 is 0 Å². The number of benzene rings is 1. The van der Waals surface area contributed by atoms with Crippen LogP contribution in [0.15, 0.2) is 30.3 Å². The first-order valence-electron chi connectivity index (χ1n) is 7.00. The van der Waals surface area contributed by atoms with Gasteiger partial charge in [-0.1, -0.05) is 37.3 Å². The van der Waals surface area contributed by atoms with Gasteiger partial charge in [0.05, 0.1) is 0 Å². The van der Waals surface area contributed by atoms with Crippen molar-refractivity contribution in [1.29, 1.82) is 0 Å². The first-order valence-corrected chi connectivity index (χ1v) is 7.00. The van der Waals surface area contributed by atoms with Crippen LogP contribution in [-0.4, -0.2) is 25.2 Å². The lowest BCUT2D eigenvalue weighted by atomic mass is 10.0. The van der Waals surface area contributed by atoms with E-state index in [1.165, 1.54) is 12.0 Å². The lowest BCUT2D eigenvalue weighted by Gasteiger charge is -2.20. The monoisotopic (exact) mass is 248 g/mol. The van der Waals surface area contributed by atoms with Gasteiger partial charge in [-0.05, 0) is 51.8 Å². The molecule has 1 atom stereocenters. The Morgan fingerprint density at radius 1 is 1.06 bits per heavy atom. The highest BCUT2D eigenvalue weighted by molar-refractivity contribution is 5.18. The molecule has 2 N–H and O–H groups in total. The zero-order valence-corrected chi connectivity index (χ0v) is 12.3. The first-order chi connectivity index (χ1) is 8.49. The van der Waals surface area contributed by atoms with Crippen molar-refractivity contribution in [3.05, 3.63) is 35.9 Å². The lowest BCUT2D eigenvalue weighted by Crippen LogP contribution is -2.37. The van der Waals surface area contributed by atoms with Crippen molar-refractivity contribution in [3.63, 3.8) is 0 Å². The molecule has 0 saturated heterocycles. The Balaban J connectivity index is 2.08. The molecule has 0 fully saturated rings.